The highest BCUT2D eigenvalue weighted by atomic mass is 19.4. The van der Waals surface area contributed by atoms with Crippen LogP contribution in [0.15, 0.2) is 66.0 Å². The van der Waals surface area contributed by atoms with Crippen molar-refractivity contribution in [3.63, 3.8) is 0 Å². The van der Waals surface area contributed by atoms with Crippen molar-refractivity contribution in [2.75, 3.05) is 10.6 Å². The molecule has 2 aromatic heterocycles. The van der Waals surface area contributed by atoms with Gasteiger partial charge in [-0.25, -0.2) is 18.7 Å². The second-order valence-electron chi connectivity index (χ2n) is 14.3. The number of halogens is 8. The van der Waals surface area contributed by atoms with Crippen molar-refractivity contribution in [1.29, 1.82) is 0 Å². The smallest absolute Gasteiger partial charge is 0.310 e. The van der Waals surface area contributed by atoms with E-state index in [0.29, 0.717) is 28.9 Å². The number of pyridine rings is 2. The molecule has 1 aromatic carbocycles. The predicted molar refractivity (Wildman–Crippen MR) is 183 cm³/mol. The molecule has 4 unspecified atom stereocenters. The lowest BCUT2D eigenvalue weighted by Crippen LogP contribution is -2.18. The molecule has 3 aromatic rings. The lowest BCUT2D eigenvalue weighted by Gasteiger charge is -2.16. The maximum Gasteiger partial charge on any atom is 0.412 e. The Hall–Kier alpha value is -4.62. The number of allylic oxidation sites excluding steroid dienone is 4. The number of anilines is 2. The van der Waals surface area contributed by atoms with E-state index in [0.717, 1.165) is 50.3 Å². The van der Waals surface area contributed by atoms with Gasteiger partial charge in [-0.1, -0.05) is 32.8 Å². The van der Waals surface area contributed by atoms with Crippen molar-refractivity contribution >= 4 is 34.6 Å². The van der Waals surface area contributed by atoms with E-state index in [-0.39, 0.29) is 59.7 Å². The van der Waals surface area contributed by atoms with Crippen LogP contribution in [0.3, 0.4) is 0 Å². The fourth-order valence-electron chi connectivity index (χ4n) is 8.25. The molecule has 7 rings (SSSR count). The molecule has 6 nitrogen and oxygen atoms in total. The van der Waals surface area contributed by atoms with Gasteiger partial charge in [0.25, 0.3) is 5.91 Å². The number of hydrogen-bond acceptors (Lipinski definition) is 4. The van der Waals surface area contributed by atoms with Gasteiger partial charge in [0.15, 0.2) is 0 Å². The maximum absolute atomic E-state index is 13.7. The monoisotopic (exact) mass is 746 g/mol. The third-order valence-electron chi connectivity index (χ3n) is 10.7. The second kappa shape index (κ2) is 15.0. The zero-order valence-electron chi connectivity index (χ0n) is 29.0. The molecule has 14 heteroatoms. The Labute approximate surface area is 301 Å². The van der Waals surface area contributed by atoms with Gasteiger partial charge in [-0.3, -0.25) is 9.59 Å². The van der Waals surface area contributed by atoms with Crippen molar-refractivity contribution in [2.24, 2.45) is 29.6 Å². The van der Waals surface area contributed by atoms with E-state index in [9.17, 15) is 44.7 Å². The average molecular weight is 747 g/mol. The number of carbonyl (C=O) groups excluding carboxylic acids is 2. The van der Waals surface area contributed by atoms with Crippen molar-refractivity contribution in [1.82, 2.24) is 9.97 Å². The Balaban J connectivity index is 0.000000185. The molecule has 282 valence electrons. The van der Waals surface area contributed by atoms with Crippen molar-refractivity contribution in [3.05, 3.63) is 94.3 Å². The summed E-state index contributed by atoms with van der Waals surface area (Å²) in [5.41, 5.74) is -0.0481. The first-order chi connectivity index (χ1) is 25.0. The van der Waals surface area contributed by atoms with Gasteiger partial charge in [-0.2, -0.15) is 26.3 Å². The Morgan fingerprint density at radius 3 is 1.53 bits per heavy atom. The van der Waals surface area contributed by atoms with Crippen LogP contribution in [0.4, 0.5) is 46.8 Å². The van der Waals surface area contributed by atoms with Gasteiger partial charge in [-0.15, -0.1) is 0 Å². The van der Waals surface area contributed by atoms with Crippen molar-refractivity contribution in [3.8, 4) is 0 Å². The number of rotatable bonds is 6. The number of nitrogens with one attached hydrogen (secondary N) is 2. The Morgan fingerprint density at radius 2 is 1.13 bits per heavy atom. The summed E-state index contributed by atoms with van der Waals surface area (Å²) in [4.78, 5) is 32.0. The van der Waals surface area contributed by atoms with E-state index in [2.05, 4.69) is 20.6 Å². The van der Waals surface area contributed by atoms with Crippen LogP contribution < -0.4 is 10.6 Å². The van der Waals surface area contributed by atoms with Gasteiger partial charge in [-0.05, 0) is 121 Å². The topological polar surface area (TPSA) is 84.0 Å². The van der Waals surface area contributed by atoms with Gasteiger partial charge in [0.05, 0.1) is 0 Å². The van der Waals surface area contributed by atoms with Gasteiger partial charge >= 0.3 is 12.4 Å². The molecule has 2 fully saturated rings. The molecule has 0 bridgehead atoms. The fourth-order valence-corrected chi connectivity index (χ4v) is 8.25. The first-order valence-corrected chi connectivity index (χ1v) is 17.6. The standard InChI is InChI=1S/C21H17F5N2O.C18H21F3N2O/c22-15-5-2-6-16(23)19(15)20(29)28-17-8-7-12(10-27-17)18-13-4-1-3-11(13)9-14(18)21(24,25)26;1-10(2)17(24)23-15-7-6-12(9-22-15)16-13-5-3-4-11(13)8-14(16)18(19,20)21/h2,5-8,10-11,13H,1,3-4,9H2,(H,27,28,29);6-7,9-11,13H,3-5,8H2,1-2H3,(H,22,23,24). The summed E-state index contributed by atoms with van der Waals surface area (Å²) in [7, 11) is 0. The van der Waals surface area contributed by atoms with Crippen LogP contribution in [0.25, 0.3) is 11.1 Å². The summed E-state index contributed by atoms with van der Waals surface area (Å²) in [6.07, 6.45) is -0.751. The Kier molecular flexibility index (Phi) is 10.8. The van der Waals surface area contributed by atoms with Gasteiger partial charge in [0, 0.05) is 29.5 Å². The summed E-state index contributed by atoms with van der Waals surface area (Å²) in [6, 6.07) is 9.08. The summed E-state index contributed by atoms with van der Waals surface area (Å²) in [5, 5.41) is 4.94. The van der Waals surface area contributed by atoms with Crippen LogP contribution in [0.5, 0.6) is 0 Å². The average Bonchev–Trinajstić information content (AvgIpc) is 3.87. The predicted octanol–water partition coefficient (Wildman–Crippen LogP) is 10.6. The van der Waals surface area contributed by atoms with Gasteiger partial charge in [0.1, 0.15) is 28.8 Å². The largest absolute Gasteiger partial charge is 0.412 e. The summed E-state index contributed by atoms with van der Waals surface area (Å²) >= 11 is 0. The molecule has 4 atom stereocenters. The molecule has 2 heterocycles. The zero-order valence-corrected chi connectivity index (χ0v) is 29.0. The molecule has 0 aliphatic heterocycles. The first-order valence-electron chi connectivity index (χ1n) is 17.6. The van der Waals surface area contributed by atoms with Crippen LogP contribution in [0.2, 0.25) is 0 Å². The van der Waals surface area contributed by atoms with Crippen LogP contribution in [0.1, 0.15) is 86.7 Å². The normalized spacial score (nSPS) is 22.5. The van der Waals surface area contributed by atoms with E-state index in [1.807, 2.05) is 0 Å². The summed E-state index contributed by atoms with van der Waals surface area (Å²) < 4.78 is 108. The number of aromatic nitrogens is 2. The molecule has 0 saturated heterocycles. The van der Waals surface area contributed by atoms with Crippen LogP contribution in [-0.4, -0.2) is 34.1 Å². The number of alkyl halides is 6. The van der Waals surface area contributed by atoms with Crippen molar-refractivity contribution in [2.45, 2.75) is 77.6 Å². The fraction of sp³-hybridized carbons (Fsp3) is 0.436. The highest BCUT2D eigenvalue weighted by Crippen LogP contribution is 2.56. The lowest BCUT2D eigenvalue weighted by molar-refractivity contribution is -0.119. The minimum absolute atomic E-state index is 0.00321. The quantitative estimate of drug-likeness (QED) is 0.246. The number of benzene rings is 1. The summed E-state index contributed by atoms with van der Waals surface area (Å²) in [6.45, 7) is 3.53. The number of amides is 2. The molecule has 4 aliphatic carbocycles. The molecule has 2 saturated carbocycles. The number of carbonyl (C=O) groups is 2. The third-order valence-corrected chi connectivity index (χ3v) is 10.7. The third kappa shape index (κ3) is 8.16. The molecule has 2 N–H and O–H groups in total. The molecule has 4 aliphatic rings. The van der Waals surface area contributed by atoms with Gasteiger partial charge in [0.2, 0.25) is 5.91 Å². The number of hydrogen-bond donors (Lipinski definition) is 2. The van der Waals surface area contributed by atoms with Gasteiger partial charge < -0.3 is 10.6 Å². The van der Waals surface area contributed by atoms with Crippen LogP contribution in [0, 0.1) is 41.2 Å². The zero-order chi connectivity index (χ0) is 38.2. The number of fused-ring (bicyclic) bond motifs is 2. The van der Waals surface area contributed by atoms with E-state index in [1.54, 1.807) is 26.0 Å². The Bertz CT molecular complexity index is 1900. The summed E-state index contributed by atoms with van der Waals surface area (Å²) in [5.74, 6) is -3.07. The molecular weight excluding hydrogens is 708 g/mol. The maximum atomic E-state index is 13.7. The minimum Gasteiger partial charge on any atom is -0.310 e. The first kappa shape index (κ1) is 38.1. The molecule has 0 radical (unpaired) electrons. The van der Waals surface area contributed by atoms with Crippen molar-refractivity contribution < 1.29 is 44.7 Å². The lowest BCUT2D eigenvalue weighted by atomic mass is 9.91. The molecule has 0 spiro atoms. The second-order valence-corrected chi connectivity index (χ2v) is 14.3. The minimum atomic E-state index is -4.39. The highest BCUT2D eigenvalue weighted by Gasteiger charge is 2.49. The number of nitrogens with zero attached hydrogens (tertiary/aromatic N) is 2. The van der Waals surface area contributed by atoms with E-state index in [4.69, 9.17) is 0 Å². The highest BCUT2D eigenvalue weighted by molar-refractivity contribution is 6.04. The SMILES string of the molecule is CC(C)C(=O)Nc1ccc(C2=C(C(F)(F)F)CC3CCCC23)cn1.O=C(Nc1ccc(C2=C(C(F)(F)F)CC3CCCC23)cn1)c1c(F)cccc1F. The van der Waals surface area contributed by atoms with Crippen LogP contribution >= 0.6 is 0 Å². The van der Waals surface area contributed by atoms with Crippen LogP contribution in [-0.2, 0) is 4.79 Å². The van der Waals surface area contributed by atoms with E-state index < -0.39 is 46.6 Å². The Morgan fingerprint density at radius 1 is 0.679 bits per heavy atom. The molecule has 2 amide bonds. The molecular formula is C39H38F8N4O2. The molecule has 53 heavy (non-hydrogen) atoms. The van der Waals surface area contributed by atoms with E-state index in [1.165, 1.54) is 24.5 Å². The van der Waals surface area contributed by atoms with E-state index >= 15 is 0 Å².